The summed E-state index contributed by atoms with van der Waals surface area (Å²) >= 11 is 0. The van der Waals surface area contributed by atoms with E-state index in [0.29, 0.717) is 25.6 Å². The van der Waals surface area contributed by atoms with Crippen LogP contribution in [0.5, 0.6) is 11.5 Å². The number of rotatable bonds is 8. The highest BCUT2D eigenvalue weighted by Gasteiger charge is 2.09. The molecule has 0 saturated carbocycles. The first-order chi connectivity index (χ1) is 8.69. The summed E-state index contributed by atoms with van der Waals surface area (Å²) < 4.78 is 29.1. The summed E-state index contributed by atoms with van der Waals surface area (Å²) in [6.45, 7) is 3.53. The predicted molar refractivity (Wildman–Crippen MR) is 68.6 cm³/mol. The molecule has 4 nitrogen and oxygen atoms in total. The van der Waals surface area contributed by atoms with E-state index in [9.17, 15) is 4.39 Å². The van der Waals surface area contributed by atoms with Crippen molar-refractivity contribution in [3.63, 3.8) is 0 Å². The van der Waals surface area contributed by atoms with E-state index >= 15 is 0 Å². The second-order valence-electron chi connectivity index (χ2n) is 3.84. The molecule has 1 aromatic rings. The van der Waals surface area contributed by atoms with Crippen LogP contribution in [0.3, 0.4) is 0 Å². The number of nitrogen functional groups attached to an aromatic ring is 1. The molecule has 0 heterocycles. The molecule has 0 radical (unpaired) electrons. The van der Waals surface area contributed by atoms with E-state index in [4.69, 9.17) is 19.9 Å². The van der Waals surface area contributed by atoms with Gasteiger partial charge in [-0.1, -0.05) is 13.3 Å². The van der Waals surface area contributed by atoms with Gasteiger partial charge in [-0.05, 0) is 6.42 Å². The predicted octanol–water partition coefficient (Wildman–Crippen LogP) is 2.61. The minimum Gasteiger partial charge on any atom is -0.494 e. The van der Waals surface area contributed by atoms with Gasteiger partial charge in [0.15, 0.2) is 11.6 Å². The first-order valence-corrected chi connectivity index (χ1v) is 6.02. The Labute approximate surface area is 107 Å². The summed E-state index contributed by atoms with van der Waals surface area (Å²) in [6.07, 6.45) is 2.11. The molecule has 18 heavy (non-hydrogen) atoms. The molecule has 0 aromatic heterocycles. The second-order valence-corrected chi connectivity index (χ2v) is 3.84. The summed E-state index contributed by atoms with van der Waals surface area (Å²) in [5.74, 6) is 0.0281. The molecular formula is C13H20FNO3. The summed E-state index contributed by atoms with van der Waals surface area (Å²) in [7, 11) is 1.47. The molecule has 0 bridgehead atoms. The molecule has 0 aliphatic rings. The van der Waals surface area contributed by atoms with Gasteiger partial charge in [-0.2, -0.15) is 0 Å². The zero-order valence-electron chi connectivity index (χ0n) is 10.9. The Morgan fingerprint density at radius 1 is 1.17 bits per heavy atom. The Morgan fingerprint density at radius 3 is 2.61 bits per heavy atom. The van der Waals surface area contributed by atoms with Gasteiger partial charge in [-0.25, -0.2) is 4.39 Å². The van der Waals surface area contributed by atoms with E-state index in [1.54, 1.807) is 0 Å². The topological polar surface area (TPSA) is 53.7 Å². The monoisotopic (exact) mass is 257 g/mol. The number of ether oxygens (including phenoxy) is 3. The number of halogens is 1. The number of benzene rings is 1. The quantitative estimate of drug-likeness (QED) is 0.574. The minimum absolute atomic E-state index is 0.125. The van der Waals surface area contributed by atoms with Crippen molar-refractivity contribution < 1.29 is 18.6 Å². The molecule has 1 rings (SSSR count). The van der Waals surface area contributed by atoms with Gasteiger partial charge in [0.25, 0.3) is 0 Å². The van der Waals surface area contributed by atoms with E-state index in [0.717, 1.165) is 12.8 Å². The molecular weight excluding hydrogens is 237 g/mol. The first kappa shape index (κ1) is 14.6. The Hall–Kier alpha value is -1.49. The lowest BCUT2D eigenvalue weighted by atomic mass is 10.2. The lowest BCUT2D eigenvalue weighted by Gasteiger charge is -2.11. The van der Waals surface area contributed by atoms with E-state index in [1.165, 1.54) is 19.2 Å². The Balaban J connectivity index is 2.42. The molecule has 0 aliphatic carbocycles. The molecule has 2 N–H and O–H groups in total. The lowest BCUT2D eigenvalue weighted by molar-refractivity contribution is 0.0966. The van der Waals surface area contributed by atoms with Gasteiger partial charge in [0, 0.05) is 18.7 Å². The van der Waals surface area contributed by atoms with E-state index in [2.05, 4.69) is 6.92 Å². The molecule has 0 atom stereocenters. The van der Waals surface area contributed by atoms with Crippen LogP contribution in [0, 0.1) is 5.82 Å². The Kier molecular flexibility index (Phi) is 6.28. The SMILES string of the molecule is CCCCOCCOc1cc(OC)c(N)cc1F. The standard InChI is InChI=1S/C13H20FNO3/c1-3-4-5-17-6-7-18-12-9-13(16-2)11(15)8-10(12)14/h8-9H,3-7,15H2,1-2H3. The van der Waals surface area contributed by atoms with Gasteiger partial charge in [0.05, 0.1) is 19.4 Å². The normalized spacial score (nSPS) is 10.4. The van der Waals surface area contributed by atoms with Crippen molar-refractivity contribution >= 4 is 5.69 Å². The van der Waals surface area contributed by atoms with Crippen LogP contribution >= 0.6 is 0 Å². The minimum atomic E-state index is -0.498. The average molecular weight is 257 g/mol. The molecule has 0 spiro atoms. The van der Waals surface area contributed by atoms with E-state index < -0.39 is 5.82 Å². The van der Waals surface area contributed by atoms with Crippen LogP contribution in [0.2, 0.25) is 0 Å². The van der Waals surface area contributed by atoms with Crippen LogP contribution in [0.25, 0.3) is 0 Å². The number of nitrogens with two attached hydrogens (primary N) is 1. The van der Waals surface area contributed by atoms with Gasteiger partial charge < -0.3 is 19.9 Å². The third kappa shape index (κ3) is 4.41. The molecule has 0 amide bonds. The molecule has 0 unspecified atom stereocenters. The highest BCUT2D eigenvalue weighted by atomic mass is 19.1. The first-order valence-electron chi connectivity index (χ1n) is 6.02. The highest BCUT2D eigenvalue weighted by molar-refractivity contribution is 5.56. The van der Waals surface area contributed by atoms with Crippen LogP contribution in [0.15, 0.2) is 12.1 Å². The Bertz CT molecular complexity index is 371. The summed E-state index contributed by atoms with van der Waals surface area (Å²) in [5, 5.41) is 0. The smallest absolute Gasteiger partial charge is 0.167 e. The van der Waals surface area contributed by atoms with Gasteiger partial charge in [0.2, 0.25) is 0 Å². The molecule has 1 aromatic carbocycles. The van der Waals surface area contributed by atoms with Crippen LogP contribution in [-0.4, -0.2) is 26.9 Å². The maximum absolute atomic E-state index is 13.5. The maximum atomic E-state index is 13.5. The second kappa shape index (κ2) is 7.76. The molecule has 0 saturated heterocycles. The number of hydrogen-bond acceptors (Lipinski definition) is 4. The van der Waals surface area contributed by atoms with Gasteiger partial charge in [-0.3, -0.25) is 0 Å². The highest BCUT2D eigenvalue weighted by Crippen LogP contribution is 2.29. The summed E-state index contributed by atoms with van der Waals surface area (Å²) in [4.78, 5) is 0. The molecule has 102 valence electrons. The maximum Gasteiger partial charge on any atom is 0.167 e. The average Bonchev–Trinajstić information content (AvgIpc) is 2.36. The van der Waals surface area contributed by atoms with Crippen molar-refractivity contribution in [1.29, 1.82) is 0 Å². The van der Waals surface area contributed by atoms with Crippen molar-refractivity contribution in [2.45, 2.75) is 19.8 Å². The van der Waals surface area contributed by atoms with Crippen molar-refractivity contribution in [3.8, 4) is 11.5 Å². The number of hydrogen-bond donors (Lipinski definition) is 1. The van der Waals surface area contributed by atoms with Gasteiger partial charge in [-0.15, -0.1) is 0 Å². The zero-order valence-corrected chi connectivity index (χ0v) is 10.9. The van der Waals surface area contributed by atoms with Crippen LogP contribution < -0.4 is 15.2 Å². The lowest BCUT2D eigenvalue weighted by Crippen LogP contribution is -2.08. The third-order valence-corrected chi connectivity index (χ3v) is 2.41. The fraction of sp³-hybridized carbons (Fsp3) is 0.538. The molecule has 0 aliphatic heterocycles. The summed E-state index contributed by atoms with van der Waals surface area (Å²) in [5.41, 5.74) is 5.82. The zero-order chi connectivity index (χ0) is 13.4. The number of methoxy groups -OCH3 is 1. The van der Waals surface area contributed by atoms with E-state index in [1.807, 2.05) is 0 Å². The van der Waals surface area contributed by atoms with Crippen molar-refractivity contribution in [2.75, 3.05) is 32.7 Å². The van der Waals surface area contributed by atoms with Gasteiger partial charge >= 0.3 is 0 Å². The largest absolute Gasteiger partial charge is 0.494 e. The molecule has 5 heteroatoms. The molecule has 0 fully saturated rings. The fourth-order valence-corrected chi connectivity index (χ4v) is 1.40. The summed E-state index contributed by atoms with van der Waals surface area (Å²) in [6, 6.07) is 2.63. The van der Waals surface area contributed by atoms with Gasteiger partial charge in [0.1, 0.15) is 12.4 Å². The van der Waals surface area contributed by atoms with Crippen LogP contribution in [-0.2, 0) is 4.74 Å². The third-order valence-electron chi connectivity index (χ3n) is 2.41. The van der Waals surface area contributed by atoms with E-state index in [-0.39, 0.29) is 11.4 Å². The van der Waals surface area contributed by atoms with Crippen molar-refractivity contribution in [3.05, 3.63) is 17.9 Å². The number of anilines is 1. The van der Waals surface area contributed by atoms with Crippen LogP contribution in [0.1, 0.15) is 19.8 Å². The van der Waals surface area contributed by atoms with Crippen molar-refractivity contribution in [2.24, 2.45) is 0 Å². The fourth-order valence-electron chi connectivity index (χ4n) is 1.40. The van der Waals surface area contributed by atoms with Crippen molar-refractivity contribution in [1.82, 2.24) is 0 Å². The Morgan fingerprint density at radius 2 is 1.94 bits per heavy atom. The number of unbranched alkanes of at least 4 members (excludes halogenated alkanes) is 1. The van der Waals surface area contributed by atoms with Crippen LogP contribution in [0.4, 0.5) is 10.1 Å².